The Morgan fingerprint density at radius 1 is 1.10 bits per heavy atom. The third-order valence-electron chi connectivity index (χ3n) is 8.01. The number of rotatable bonds is 1. The van der Waals surface area contributed by atoms with Crippen LogP contribution in [0.5, 0.6) is 0 Å². The van der Waals surface area contributed by atoms with Gasteiger partial charge in [0.15, 0.2) is 0 Å². The maximum Gasteiger partial charge on any atom is 0.0957 e. The second-order valence-corrected chi connectivity index (χ2v) is 8.85. The quantitative estimate of drug-likeness (QED) is 0.464. The SMILES string of the molecule is CC12CCC(N=O)CC1=CC[C@H]1C2CC[C@]2(C)CCCC12. The molecule has 0 saturated heterocycles. The van der Waals surface area contributed by atoms with E-state index in [9.17, 15) is 4.91 Å². The molecule has 0 heterocycles. The minimum Gasteiger partial charge on any atom is -0.151 e. The summed E-state index contributed by atoms with van der Waals surface area (Å²) in [6, 6.07) is 0.0567. The molecule has 4 rings (SSSR count). The summed E-state index contributed by atoms with van der Waals surface area (Å²) < 4.78 is 0. The summed E-state index contributed by atoms with van der Waals surface area (Å²) >= 11 is 0. The summed E-state index contributed by atoms with van der Waals surface area (Å²) in [5, 5.41) is 3.35. The summed E-state index contributed by atoms with van der Waals surface area (Å²) in [4.78, 5) is 10.9. The van der Waals surface area contributed by atoms with Crippen molar-refractivity contribution in [1.29, 1.82) is 0 Å². The van der Waals surface area contributed by atoms with E-state index in [1.54, 1.807) is 5.57 Å². The second kappa shape index (κ2) is 4.67. The molecule has 3 fully saturated rings. The van der Waals surface area contributed by atoms with Gasteiger partial charge in [-0.15, -0.1) is 0 Å². The predicted molar refractivity (Wildman–Crippen MR) is 85.9 cm³/mol. The fourth-order valence-corrected chi connectivity index (χ4v) is 6.72. The highest BCUT2D eigenvalue weighted by atomic mass is 16.3. The van der Waals surface area contributed by atoms with Gasteiger partial charge in [-0.3, -0.25) is 0 Å². The predicted octanol–water partition coefficient (Wildman–Crippen LogP) is 5.47. The van der Waals surface area contributed by atoms with Gasteiger partial charge in [0.05, 0.1) is 6.04 Å². The summed E-state index contributed by atoms with van der Waals surface area (Å²) in [6.07, 6.45) is 14.2. The highest BCUT2D eigenvalue weighted by Gasteiger charge is 2.55. The summed E-state index contributed by atoms with van der Waals surface area (Å²) in [6.45, 7) is 5.07. The van der Waals surface area contributed by atoms with E-state index in [4.69, 9.17) is 0 Å². The van der Waals surface area contributed by atoms with E-state index in [-0.39, 0.29) is 6.04 Å². The molecule has 0 aliphatic heterocycles. The van der Waals surface area contributed by atoms with E-state index in [1.807, 2.05) is 0 Å². The Labute approximate surface area is 128 Å². The van der Waals surface area contributed by atoms with E-state index < -0.39 is 0 Å². The molecule has 0 aromatic heterocycles. The molecule has 6 atom stereocenters. The van der Waals surface area contributed by atoms with Gasteiger partial charge in [-0.2, -0.15) is 4.91 Å². The van der Waals surface area contributed by atoms with Gasteiger partial charge in [0.1, 0.15) is 0 Å². The molecule has 3 saturated carbocycles. The Morgan fingerprint density at radius 3 is 2.76 bits per heavy atom. The average molecular weight is 287 g/mol. The zero-order valence-corrected chi connectivity index (χ0v) is 13.6. The van der Waals surface area contributed by atoms with E-state index in [1.165, 1.54) is 44.9 Å². The van der Waals surface area contributed by atoms with E-state index >= 15 is 0 Å². The first-order valence-corrected chi connectivity index (χ1v) is 9.09. The number of nitrogens with zero attached hydrogens (tertiary/aromatic N) is 1. The number of nitroso groups, excluding NO2 is 1. The molecular weight excluding hydrogens is 258 g/mol. The smallest absolute Gasteiger partial charge is 0.0957 e. The molecule has 0 N–H and O–H groups in total. The topological polar surface area (TPSA) is 29.4 Å². The zero-order chi connectivity index (χ0) is 14.7. The number of allylic oxidation sites excluding steroid dienone is 1. The van der Waals surface area contributed by atoms with E-state index in [2.05, 4.69) is 25.1 Å². The van der Waals surface area contributed by atoms with Crippen LogP contribution in [-0.4, -0.2) is 6.04 Å². The molecule has 0 aromatic carbocycles. The molecule has 2 nitrogen and oxygen atoms in total. The van der Waals surface area contributed by atoms with Crippen molar-refractivity contribution in [3.8, 4) is 0 Å². The Hall–Kier alpha value is -0.660. The number of fused-ring (bicyclic) bond motifs is 5. The molecule has 4 aliphatic rings. The normalized spacial score (nSPS) is 52.4. The van der Waals surface area contributed by atoms with Gasteiger partial charge < -0.3 is 0 Å². The van der Waals surface area contributed by atoms with Crippen LogP contribution in [0.3, 0.4) is 0 Å². The highest BCUT2D eigenvalue weighted by molar-refractivity contribution is 5.25. The van der Waals surface area contributed by atoms with Crippen LogP contribution >= 0.6 is 0 Å². The lowest BCUT2D eigenvalue weighted by Gasteiger charge is -2.57. The maximum absolute atomic E-state index is 10.9. The Balaban J connectivity index is 1.66. The van der Waals surface area contributed by atoms with Gasteiger partial charge >= 0.3 is 0 Å². The summed E-state index contributed by atoms with van der Waals surface area (Å²) in [5.41, 5.74) is 2.61. The molecular formula is C19H29NO. The van der Waals surface area contributed by atoms with Crippen LogP contribution in [0.25, 0.3) is 0 Å². The molecule has 0 spiro atoms. The van der Waals surface area contributed by atoms with Crippen LogP contribution in [0.4, 0.5) is 0 Å². The van der Waals surface area contributed by atoms with Crippen molar-refractivity contribution in [3.05, 3.63) is 16.6 Å². The Kier molecular flexibility index (Phi) is 3.10. The molecule has 0 radical (unpaired) electrons. The van der Waals surface area contributed by atoms with Gasteiger partial charge in [0, 0.05) is 0 Å². The standard InChI is InChI=1S/C19H29NO/c1-18-9-3-4-16(18)15-6-5-13-12-14(20-21)7-11-19(13,2)17(15)8-10-18/h5,14-17H,3-4,6-12H2,1-2H3/t14?,15-,16?,17?,18+,19?/m1/s1. The lowest BCUT2D eigenvalue weighted by molar-refractivity contribution is -0.0260. The fraction of sp³-hybridized carbons (Fsp3) is 0.895. The van der Waals surface area contributed by atoms with Crippen molar-refractivity contribution in [2.75, 3.05) is 0 Å². The Bertz CT molecular complexity index is 484. The highest BCUT2D eigenvalue weighted by Crippen LogP contribution is 2.64. The Morgan fingerprint density at radius 2 is 1.95 bits per heavy atom. The molecule has 4 aliphatic carbocycles. The molecule has 0 amide bonds. The van der Waals surface area contributed by atoms with E-state index in [0.29, 0.717) is 10.8 Å². The lowest BCUT2D eigenvalue weighted by Crippen LogP contribution is -2.49. The molecule has 21 heavy (non-hydrogen) atoms. The average Bonchev–Trinajstić information content (AvgIpc) is 2.88. The molecule has 0 aromatic rings. The van der Waals surface area contributed by atoms with Crippen LogP contribution in [0.15, 0.2) is 16.8 Å². The monoisotopic (exact) mass is 287 g/mol. The summed E-state index contributed by atoms with van der Waals surface area (Å²) in [5.74, 6) is 2.76. The second-order valence-electron chi connectivity index (χ2n) is 8.85. The lowest BCUT2D eigenvalue weighted by atomic mass is 9.48. The van der Waals surface area contributed by atoms with Crippen LogP contribution in [0.1, 0.15) is 71.6 Å². The molecule has 116 valence electrons. The first kappa shape index (κ1) is 14.0. The molecule has 4 unspecified atom stereocenters. The largest absolute Gasteiger partial charge is 0.151 e. The fourth-order valence-electron chi connectivity index (χ4n) is 6.72. The zero-order valence-electron chi connectivity index (χ0n) is 13.6. The summed E-state index contributed by atoms with van der Waals surface area (Å²) in [7, 11) is 0. The van der Waals surface area contributed by atoms with Crippen molar-refractivity contribution in [2.24, 2.45) is 33.8 Å². The van der Waals surface area contributed by atoms with Gasteiger partial charge in [0.2, 0.25) is 0 Å². The first-order chi connectivity index (χ1) is 10.1. The third-order valence-corrected chi connectivity index (χ3v) is 8.01. The van der Waals surface area contributed by atoms with Gasteiger partial charge in [0.25, 0.3) is 0 Å². The minimum atomic E-state index is 0.0567. The van der Waals surface area contributed by atoms with Crippen LogP contribution < -0.4 is 0 Å². The molecule has 2 heteroatoms. The minimum absolute atomic E-state index is 0.0567. The molecule has 0 bridgehead atoms. The van der Waals surface area contributed by atoms with Crippen molar-refractivity contribution in [1.82, 2.24) is 0 Å². The van der Waals surface area contributed by atoms with Crippen molar-refractivity contribution in [2.45, 2.75) is 77.7 Å². The van der Waals surface area contributed by atoms with Crippen LogP contribution in [0.2, 0.25) is 0 Å². The van der Waals surface area contributed by atoms with Gasteiger partial charge in [-0.1, -0.05) is 37.1 Å². The van der Waals surface area contributed by atoms with Crippen molar-refractivity contribution in [3.63, 3.8) is 0 Å². The van der Waals surface area contributed by atoms with Crippen molar-refractivity contribution >= 4 is 0 Å². The van der Waals surface area contributed by atoms with Crippen LogP contribution in [-0.2, 0) is 0 Å². The van der Waals surface area contributed by atoms with E-state index in [0.717, 1.165) is 30.6 Å². The maximum atomic E-state index is 10.9. The van der Waals surface area contributed by atoms with Crippen molar-refractivity contribution < 1.29 is 0 Å². The third kappa shape index (κ3) is 1.90. The van der Waals surface area contributed by atoms with Gasteiger partial charge in [-0.25, -0.2) is 0 Å². The number of hydrogen-bond donors (Lipinski definition) is 0. The van der Waals surface area contributed by atoms with Gasteiger partial charge in [-0.05, 0) is 80.0 Å². The first-order valence-electron chi connectivity index (χ1n) is 9.09. The van der Waals surface area contributed by atoms with Crippen LogP contribution in [0, 0.1) is 33.5 Å². The number of hydrogen-bond acceptors (Lipinski definition) is 2.